The van der Waals surface area contributed by atoms with E-state index >= 15 is 0 Å². The Morgan fingerprint density at radius 1 is 0.583 bits per heavy atom. The van der Waals surface area contributed by atoms with Crippen LogP contribution in [0.2, 0.25) is 0 Å². The molecule has 6 rings (SSSR count). The largest absolute Gasteiger partial charge is 1.00 e. The standard InChI is InChI=1S/C26H22N8.2BrH/c1-19-23(21-11-5-3-6-12-21)33(25-27-15-9-17-31(19)25)29-30-34-24(22-13-7-4-8-14-22)20(2)32-18-10-16-28-26(32)34;;/h3-18H,1-2H3;2*1H/q+2;;/p-2. The molecule has 0 unspecified atom stereocenters. The van der Waals surface area contributed by atoms with Crippen LogP contribution in [0.25, 0.3) is 34.1 Å². The average Bonchev–Trinajstić information content (AvgIpc) is 3.34. The van der Waals surface area contributed by atoms with Crippen molar-refractivity contribution in [3.8, 4) is 22.5 Å². The molecule has 36 heavy (non-hydrogen) atoms. The van der Waals surface area contributed by atoms with Gasteiger partial charge in [0.1, 0.15) is 23.8 Å². The number of hydrogen-bond acceptors (Lipinski definition) is 4. The Bertz CT molecular complexity index is 1550. The van der Waals surface area contributed by atoms with Crippen molar-refractivity contribution in [3.05, 3.63) is 109 Å². The summed E-state index contributed by atoms with van der Waals surface area (Å²) in [5, 5.41) is 9.44. The highest BCUT2D eigenvalue weighted by molar-refractivity contribution is 5.64. The lowest BCUT2D eigenvalue weighted by Gasteiger charge is -1.99. The quantitative estimate of drug-likeness (QED) is 0.176. The molecule has 0 spiro atoms. The number of benzene rings is 2. The Kier molecular flexibility index (Phi) is 7.37. The van der Waals surface area contributed by atoms with Crippen molar-refractivity contribution in [1.29, 1.82) is 0 Å². The lowest BCUT2D eigenvalue weighted by Crippen LogP contribution is -3.00. The van der Waals surface area contributed by atoms with Gasteiger partial charge in [0.25, 0.3) is 0 Å². The highest BCUT2D eigenvalue weighted by Gasteiger charge is 2.27. The Hall–Kier alpha value is -3.76. The number of nitrogens with zero attached hydrogens (tertiary/aromatic N) is 8. The Morgan fingerprint density at radius 3 is 1.36 bits per heavy atom. The smallest absolute Gasteiger partial charge is 0.429 e. The van der Waals surface area contributed by atoms with E-state index in [0.717, 1.165) is 33.9 Å². The molecule has 0 radical (unpaired) electrons. The van der Waals surface area contributed by atoms with Crippen molar-refractivity contribution in [2.45, 2.75) is 13.8 Å². The van der Waals surface area contributed by atoms with E-state index in [4.69, 9.17) is 10.4 Å². The summed E-state index contributed by atoms with van der Waals surface area (Å²) in [5.74, 6) is 1.36. The van der Waals surface area contributed by atoms with E-state index in [1.54, 1.807) is 21.7 Å². The number of fused-ring (bicyclic) bond motifs is 2. The number of aromatic nitrogens is 6. The van der Waals surface area contributed by atoms with Crippen molar-refractivity contribution in [2.75, 3.05) is 0 Å². The zero-order valence-electron chi connectivity index (χ0n) is 19.6. The van der Waals surface area contributed by atoms with Crippen LogP contribution in [0, 0.1) is 13.8 Å². The molecule has 180 valence electrons. The molecule has 0 atom stereocenters. The predicted octanol–water partition coefficient (Wildman–Crippen LogP) is -1.81. The summed E-state index contributed by atoms with van der Waals surface area (Å²) in [7, 11) is 0. The molecule has 4 heterocycles. The van der Waals surface area contributed by atoms with Gasteiger partial charge in [0.15, 0.2) is 11.4 Å². The first-order chi connectivity index (χ1) is 16.7. The van der Waals surface area contributed by atoms with Gasteiger partial charge in [0.05, 0.1) is 12.4 Å². The number of imidazole rings is 2. The molecule has 0 aliphatic carbocycles. The van der Waals surface area contributed by atoms with Crippen molar-refractivity contribution in [2.24, 2.45) is 10.4 Å². The summed E-state index contributed by atoms with van der Waals surface area (Å²) in [6.45, 7) is 4.12. The van der Waals surface area contributed by atoms with Crippen LogP contribution in [0.15, 0.2) is 108 Å². The Labute approximate surface area is 228 Å². The summed E-state index contributed by atoms with van der Waals surface area (Å²) in [4.78, 5) is 9.18. The summed E-state index contributed by atoms with van der Waals surface area (Å²) in [6.07, 6.45) is 7.49. The monoisotopic (exact) mass is 604 g/mol. The second kappa shape index (κ2) is 10.5. The van der Waals surface area contributed by atoms with Crippen LogP contribution in [0.5, 0.6) is 0 Å². The van der Waals surface area contributed by atoms with Crippen LogP contribution in [-0.2, 0) is 0 Å². The molecule has 0 amide bonds. The van der Waals surface area contributed by atoms with E-state index in [-0.39, 0.29) is 34.0 Å². The molecular weight excluding hydrogens is 584 g/mol. The molecule has 0 bridgehead atoms. The maximum absolute atomic E-state index is 4.72. The normalized spacial score (nSPS) is 11.1. The first-order valence-electron chi connectivity index (χ1n) is 11.0. The molecule has 0 fully saturated rings. The van der Waals surface area contributed by atoms with Crippen LogP contribution < -0.4 is 42.8 Å². The summed E-state index contributed by atoms with van der Waals surface area (Å²) in [6, 6.07) is 24.2. The zero-order valence-corrected chi connectivity index (χ0v) is 22.7. The van der Waals surface area contributed by atoms with Gasteiger partial charge in [-0.3, -0.25) is 0 Å². The van der Waals surface area contributed by atoms with Gasteiger partial charge >= 0.3 is 11.6 Å². The van der Waals surface area contributed by atoms with E-state index in [9.17, 15) is 0 Å². The summed E-state index contributed by atoms with van der Waals surface area (Å²) in [5.41, 5.74) is 5.98. The third-order valence-electron chi connectivity index (χ3n) is 5.98. The molecular formula is C26H22Br2N8. The molecule has 4 aromatic heterocycles. The van der Waals surface area contributed by atoms with Gasteiger partial charge < -0.3 is 34.0 Å². The second-order valence-electron chi connectivity index (χ2n) is 7.98. The van der Waals surface area contributed by atoms with E-state index in [0.29, 0.717) is 11.6 Å². The highest BCUT2D eigenvalue weighted by Crippen LogP contribution is 2.26. The first-order valence-corrected chi connectivity index (χ1v) is 11.0. The lowest BCUT2D eigenvalue weighted by atomic mass is 10.1. The van der Waals surface area contributed by atoms with Crippen LogP contribution in [0.4, 0.5) is 0 Å². The van der Waals surface area contributed by atoms with Crippen LogP contribution in [0.1, 0.15) is 11.4 Å². The highest BCUT2D eigenvalue weighted by atomic mass is 79.9. The summed E-state index contributed by atoms with van der Waals surface area (Å²) >= 11 is 0. The van der Waals surface area contributed by atoms with Crippen molar-refractivity contribution >= 4 is 11.6 Å². The molecule has 6 aromatic rings. The van der Waals surface area contributed by atoms with Gasteiger partial charge in [-0.2, -0.15) is 0 Å². The predicted molar refractivity (Wildman–Crippen MR) is 127 cm³/mol. The van der Waals surface area contributed by atoms with Crippen molar-refractivity contribution in [3.63, 3.8) is 0 Å². The maximum Gasteiger partial charge on any atom is 0.429 e. The third-order valence-corrected chi connectivity index (χ3v) is 5.98. The fourth-order valence-electron chi connectivity index (χ4n) is 4.40. The first kappa shape index (κ1) is 25.3. The molecule has 10 heteroatoms. The van der Waals surface area contributed by atoms with Crippen molar-refractivity contribution in [1.82, 2.24) is 19.3 Å². The second-order valence-corrected chi connectivity index (χ2v) is 7.98. The van der Waals surface area contributed by atoms with Gasteiger partial charge in [-0.1, -0.05) is 80.0 Å². The third kappa shape index (κ3) is 4.12. The van der Waals surface area contributed by atoms with E-state index in [1.807, 2.05) is 69.7 Å². The van der Waals surface area contributed by atoms with Crippen LogP contribution in [0.3, 0.4) is 0 Å². The number of hydrogen-bond donors (Lipinski definition) is 0. The van der Waals surface area contributed by atoms with Gasteiger partial charge in [0.2, 0.25) is 0 Å². The lowest BCUT2D eigenvalue weighted by molar-refractivity contribution is -0.521. The minimum atomic E-state index is 0. The molecule has 0 aliphatic rings. The Morgan fingerprint density at radius 2 is 0.972 bits per heavy atom. The van der Waals surface area contributed by atoms with Gasteiger partial charge in [-0.05, 0) is 13.8 Å². The molecule has 2 aromatic carbocycles. The van der Waals surface area contributed by atoms with Gasteiger partial charge in [0, 0.05) is 33.7 Å². The fraction of sp³-hybridized carbons (Fsp3) is 0.0769. The van der Waals surface area contributed by atoms with Gasteiger partial charge in [-0.15, -0.1) is 0 Å². The number of rotatable bonds is 4. The molecule has 0 aliphatic heterocycles. The number of aryl methyl sites for hydroxylation is 2. The summed E-state index contributed by atoms with van der Waals surface area (Å²) < 4.78 is 7.61. The van der Waals surface area contributed by atoms with Gasteiger partial charge in [-0.25, -0.2) is 8.80 Å². The fourth-order valence-corrected chi connectivity index (χ4v) is 4.40. The number of halogens is 2. The maximum atomic E-state index is 4.72. The molecule has 0 saturated heterocycles. The molecule has 0 saturated carbocycles. The van der Waals surface area contributed by atoms with Crippen molar-refractivity contribution < 1.29 is 42.8 Å². The Balaban J connectivity index is 0.00000152. The zero-order chi connectivity index (χ0) is 23.1. The minimum Gasteiger partial charge on any atom is -1.00 e. The van der Waals surface area contributed by atoms with E-state index < -0.39 is 0 Å². The minimum absolute atomic E-state index is 0. The van der Waals surface area contributed by atoms with Crippen LogP contribution in [-0.4, -0.2) is 19.3 Å². The average molecular weight is 606 g/mol. The SMILES string of the molecule is Cc1c(-c2ccccc2)n(N=Nn2c(-c3ccccc3)c(C)[n+]3cccnc23)c2nccc[n+]12.[Br-].[Br-]. The topological polar surface area (TPSA) is 68.6 Å². The van der Waals surface area contributed by atoms with E-state index in [2.05, 4.69) is 48.1 Å². The molecule has 8 nitrogen and oxygen atoms in total. The van der Waals surface area contributed by atoms with Crippen LogP contribution >= 0.6 is 0 Å². The molecule has 0 N–H and O–H groups in total. The van der Waals surface area contributed by atoms with E-state index in [1.165, 1.54) is 0 Å².